The van der Waals surface area contributed by atoms with Gasteiger partial charge in [-0.05, 0) is 29.5 Å². The second-order valence-corrected chi connectivity index (χ2v) is 8.42. The van der Waals surface area contributed by atoms with E-state index in [4.69, 9.17) is 0 Å². The average Bonchev–Trinajstić information content (AvgIpc) is 2.73. The molecule has 28 heavy (non-hydrogen) atoms. The van der Waals surface area contributed by atoms with Crippen molar-refractivity contribution in [2.45, 2.75) is 116 Å². The van der Waals surface area contributed by atoms with Gasteiger partial charge in [-0.25, -0.2) is 0 Å². The Hall–Kier alpha value is -1.30. The number of aryl methyl sites for hydroxylation is 1. The SMILES string of the molecule is C=Cc1ccc(C=C)c(CCCCCCCCCCCCCCCCCC)c1. The van der Waals surface area contributed by atoms with Gasteiger partial charge in [0.05, 0.1) is 0 Å². The molecule has 0 aliphatic carbocycles. The van der Waals surface area contributed by atoms with Crippen LogP contribution in [0.5, 0.6) is 0 Å². The smallest absolute Gasteiger partial charge is 0.0230 e. The van der Waals surface area contributed by atoms with E-state index in [2.05, 4.69) is 38.3 Å². The Morgan fingerprint density at radius 3 is 1.50 bits per heavy atom. The maximum absolute atomic E-state index is 3.95. The van der Waals surface area contributed by atoms with Crippen LogP contribution in [0.4, 0.5) is 0 Å². The lowest BCUT2D eigenvalue weighted by Crippen LogP contribution is -1.91. The summed E-state index contributed by atoms with van der Waals surface area (Å²) in [7, 11) is 0. The summed E-state index contributed by atoms with van der Waals surface area (Å²) in [5.41, 5.74) is 3.93. The van der Waals surface area contributed by atoms with Gasteiger partial charge in [0.2, 0.25) is 0 Å². The molecule has 0 bridgehead atoms. The highest BCUT2D eigenvalue weighted by Crippen LogP contribution is 2.18. The highest BCUT2D eigenvalue weighted by atomic mass is 14.1. The molecule has 1 rings (SSSR count). The molecule has 0 heterocycles. The summed E-state index contributed by atoms with van der Waals surface area (Å²) in [6.45, 7) is 10.1. The van der Waals surface area contributed by atoms with Crippen molar-refractivity contribution >= 4 is 12.2 Å². The standard InChI is InChI=1S/C28H46/c1-4-7-8-9-10-11-12-13-14-15-16-17-18-19-20-21-22-28-25-26(5-2)23-24-27(28)6-3/h5-6,23-25H,2-4,7-22H2,1H3. The van der Waals surface area contributed by atoms with Crippen LogP contribution in [-0.2, 0) is 6.42 Å². The van der Waals surface area contributed by atoms with Gasteiger partial charge in [-0.3, -0.25) is 0 Å². The maximum atomic E-state index is 3.95. The fourth-order valence-electron chi connectivity index (χ4n) is 4.03. The first-order valence-electron chi connectivity index (χ1n) is 12.2. The van der Waals surface area contributed by atoms with E-state index in [-0.39, 0.29) is 0 Å². The fourth-order valence-corrected chi connectivity index (χ4v) is 4.03. The second-order valence-electron chi connectivity index (χ2n) is 8.42. The summed E-state index contributed by atoms with van der Waals surface area (Å²) in [6.07, 6.45) is 27.9. The molecule has 0 N–H and O–H groups in total. The summed E-state index contributed by atoms with van der Waals surface area (Å²) < 4.78 is 0. The summed E-state index contributed by atoms with van der Waals surface area (Å²) in [6, 6.07) is 6.57. The van der Waals surface area contributed by atoms with Gasteiger partial charge in [-0.15, -0.1) is 0 Å². The molecule has 0 atom stereocenters. The zero-order valence-corrected chi connectivity index (χ0v) is 18.8. The zero-order valence-electron chi connectivity index (χ0n) is 18.8. The molecule has 0 aliphatic rings. The Morgan fingerprint density at radius 2 is 1.07 bits per heavy atom. The molecule has 0 radical (unpaired) electrons. The van der Waals surface area contributed by atoms with Crippen LogP contribution in [0.15, 0.2) is 31.4 Å². The molecule has 0 aliphatic heterocycles. The third kappa shape index (κ3) is 12.2. The van der Waals surface area contributed by atoms with Gasteiger partial charge in [-0.2, -0.15) is 0 Å². The van der Waals surface area contributed by atoms with Crippen molar-refractivity contribution < 1.29 is 0 Å². The molecular weight excluding hydrogens is 336 g/mol. The van der Waals surface area contributed by atoms with Crippen LogP contribution in [0.1, 0.15) is 126 Å². The van der Waals surface area contributed by atoms with E-state index >= 15 is 0 Å². The molecule has 0 fully saturated rings. The third-order valence-corrected chi connectivity index (χ3v) is 5.92. The van der Waals surface area contributed by atoms with Crippen LogP contribution >= 0.6 is 0 Å². The predicted octanol–water partition coefficient (Wildman–Crippen LogP) is 9.78. The molecule has 1 aromatic carbocycles. The fraction of sp³-hybridized carbons (Fsp3) is 0.643. The molecular formula is C28H46. The first kappa shape index (κ1) is 24.7. The Balaban J connectivity index is 1.91. The number of benzene rings is 1. The molecule has 0 spiro atoms. The first-order valence-corrected chi connectivity index (χ1v) is 12.2. The summed E-state index contributed by atoms with van der Waals surface area (Å²) in [5.74, 6) is 0. The highest BCUT2D eigenvalue weighted by Gasteiger charge is 2.01. The van der Waals surface area contributed by atoms with Crippen LogP contribution in [0.3, 0.4) is 0 Å². The van der Waals surface area contributed by atoms with Crippen molar-refractivity contribution in [3.8, 4) is 0 Å². The Morgan fingerprint density at radius 1 is 0.607 bits per heavy atom. The van der Waals surface area contributed by atoms with E-state index in [9.17, 15) is 0 Å². The quantitative estimate of drug-likeness (QED) is 0.209. The van der Waals surface area contributed by atoms with Gasteiger partial charge in [0, 0.05) is 0 Å². The van der Waals surface area contributed by atoms with E-state index in [0.717, 1.165) is 0 Å². The Kier molecular flexibility index (Phi) is 15.7. The largest absolute Gasteiger partial charge is 0.0985 e. The van der Waals surface area contributed by atoms with Gasteiger partial charge in [-0.1, -0.05) is 147 Å². The Bertz CT molecular complexity index is 511. The van der Waals surface area contributed by atoms with Crippen LogP contribution in [0, 0.1) is 0 Å². The number of rotatable bonds is 19. The zero-order chi connectivity index (χ0) is 20.3. The van der Waals surface area contributed by atoms with Gasteiger partial charge in [0.1, 0.15) is 0 Å². The maximum Gasteiger partial charge on any atom is -0.0230 e. The van der Waals surface area contributed by atoms with Gasteiger partial charge in [0.15, 0.2) is 0 Å². The number of unbranched alkanes of at least 4 members (excludes halogenated alkanes) is 15. The minimum Gasteiger partial charge on any atom is -0.0985 e. The van der Waals surface area contributed by atoms with E-state index in [1.165, 1.54) is 126 Å². The minimum absolute atomic E-state index is 1.17. The van der Waals surface area contributed by atoms with Crippen molar-refractivity contribution in [3.05, 3.63) is 48.0 Å². The summed E-state index contributed by atoms with van der Waals surface area (Å²) in [4.78, 5) is 0. The van der Waals surface area contributed by atoms with Crippen molar-refractivity contribution in [1.82, 2.24) is 0 Å². The first-order chi connectivity index (χ1) is 13.8. The molecule has 0 saturated heterocycles. The number of hydrogen-bond acceptors (Lipinski definition) is 0. The van der Waals surface area contributed by atoms with Gasteiger partial charge in [0.25, 0.3) is 0 Å². The number of hydrogen-bond donors (Lipinski definition) is 0. The molecule has 158 valence electrons. The minimum atomic E-state index is 1.17. The third-order valence-electron chi connectivity index (χ3n) is 5.92. The van der Waals surface area contributed by atoms with Gasteiger partial charge < -0.3 is 0 Å². The average molecular weight is 383 g/mol. The highest BCUT2D eigenvalue weighted by molar-refractivity contribution is 5.58. The predicted molar refractivity (Wildman–Crippen MR) is 130 cm³/mol. The van der Waals surface area contributed by atoms with Crippen LogP contribution in [-0.4, -0.2) is 0 Å². The van der Waals surface area contributed by atoms with Crippen molar-refractivity contribution in [3.63, 3.8) is 0 Å². The molecule has 0 aromatic heterocycles. The lowest BCUT2D eigenvalue weighted by atomic mass is 9.98. The second kappa shape index (κ2) is 17.8. The summed E-state index contributed by atoms with van der Waals surface area (Å²) in [5, 5.41) is 0. The molecule has 0 saturated carbocycles. The van der Waals surface area contributed by atoms with Crippen LogP contribution < -0.4 is 0 Å². The van der Waals surface area contributed by atoms with Crippen molar-refractivity contribution in [2.24, 2.45) is 0 Å². The van der Waals surface area contributed by atoms with E-state index in [1.54, 1.807) is 0 Å². The van der Waals surface area contributed by atoms with Crippen LogP contribution in [0.25, 0.3) is 12.2 Å². The topological polar surface area (TPSA) is 0 Å². The van der Waals surface area contributed by atoms with E-state index in [1.807, 2.05) is 12.2 Å². The normalized spacial score (nSPS) is 10.9. The molecule has 0 nitrogen and oxygen atoms in total. The van der Waals surface area contributed by atoms with Gasteiger partial charge >= 0.3 is 0 Å². The van der Waals surface area contributed by atoms with E-state index in [0.29, 0.717) is 0 Å². The molecule has 0 amide bonds. The molecule has 1 aromatic rings. The monoisotopic (exact) mass is 382 g/mol. The Labute approximate surface area is 176 Å². The van der Waals surface area contributed by atoms with Crippen LogP contribution in [0.2, 0.25) is 0 Å². The van der Waals surface area contributed by atoms with E-state index < -0.39 is 0 Å². The molecule has 0 unspecified atom stereocenters. The lowest BCUT2D eigenvalue weighted by molar-refractivity contribution is 0.529. The van der Waals surface area contributed by atoms with Crippen molar-refractivity contribution in [1.29, 1.82) is 0 Å². The summed E-state index contributed by atoms with van der Waals surface area (Å²) >= 11 is 0. The molecule has 0 heteroatoms. The van der Waals surface area contributed by atoms with Crippen molar-refractivity contribution in [2.75, 3.05) is 0 Å². The lowest BCUT2D eigenvalue weighted by Gasteiger charge is -2.08.